The van der Waals surface area contributed by atoms with Gasteiger partial charge in [-0.15, -0.1) is 0 Å². The first-order valence-corrected chi connectivity index (χ1v) is 11.0. The lowest BCUT2D eigenvalue weighted by Gasteiger charge is -2.45. The highest BCUT2D eigenvalue weighted by Gasteiger charge is 2.59. The summed E-state index contributed by atoms with van der Waals surface area (Å²) < 4.78 is 33.6. The summed E-state index contributed by atoms with van der Waals surface area (Å²) >= 11 is 0. The Balaban J connectivity index is 1.47. The quantitative estimate of drug-likeness (QED) is 0.489. The third kappa shape index (κ3) is 3.64. The number of methoxy groups -OCH3 is 1. The zero-order valence-corrected chi connectivity index (χ0v) is 19.1. The number of nitrogens with one attached hydrogen (secondary N) is 1. The minimum atomic E-state index is -1.04. The summed E-state index contributed by atoms with van der Waals surface area (Å²) in [6.07, 6.45) is -2.60. The number of amides is 1. The van der Waals surface area contributed by atoms with Crippen LogP contribution in [0.25, 0.3) is 11.0 Å². The number of anilines is 1. The highest BCUT2D eigenvalue weighted by atomic mass is 16.8. The van der Waals surface area contributed by atoms with Crippen LogP contribution in [-0.2, 0) is 23.7 Å². The molecule has 1 aliphatic carbocycles. The molecule has 0 unspecified atom stereocenters. The Morgan fingerprint density at radius 2 is 1.88 bits per heavy atom. The molecule has 3 aliphatic rings. The highest BCUT2D eigenvalue weighted by Crippen LogP contribution is 2.41. The van der Waals surface area contributed by atoms with Gasteiger partial charge in [0.2, 0.25) is 18.3 Å². The number of fused-ring (bicyclic) bond motifs is 2. The summed E-state index contributed by atoms with van der Waals surface area (Å²) in [5.41, 5.74) is -1.56. The molecular formula is C23H25NO10. The predicted molar refractivity (Wildman–Crippen MR) is 116 cm³/mol. The van der Waals surface area contributed by atoms with E-state index in [2.05, 4.69) is 5.32 Å². The molecule has 11 heteroatoms. The number of rotatable bonds is 5. The standard InChI is InChI=1S/C23H25NO10/c1-9-12(30-21-17-16(32-22(28)33-17)18(29-4)23(2,3)34-21)8-7-11-14(25)13(20(27)31-15(9)11)24-19(26)10-5-6-10/h7-8,10,16-18,21,25H,5-6H2,1-4H3,(H,24,26)/t16-,17+,18+,21+/m0/s1. The van der Waals surface area contributed by atoms with Crippen LogP contribution >= 0.6 is 0 Å². The summed E-state index contributed by atoms with van der Waals surface area (Å²) in [6, 6.07) is 3.07. The zero-order valence-electron chi connectivity index (χ0n) is 19.1. The van der Waals surface area contributed by atoms with Gasteiger partial charge < -0.3 is 38.5 Å². The molecule has 1 saturated carbocycles. The van der Waals surface area contributed by atoms with E-state index in [-0.39, 0.29) is 40.0 Å². The molecule has 1 aromatic heterocycles. The van der Waals surface area contributed by atoms with Gasteiger partial charge in [0.1, 0.15) is 17.4 Å². The van der Waals surface area contributed by atoms with E-state index in [4.69, 9.17) is 28.1 Å². The number of ether oxygens (including phenoxy) is 5. The van der Waals surface area contributed by atoms with Crippen LogP contribution in [0.5, 0.6) is 11.5 Å². The number of hydrogen-bond donors (Lipinski definition) is 2. The lowest BCUT2D eigenvalue weighted by atomic mass is 9.89. The third-order valence-corrected chi connectivity index (χ3v) is 6.40. The van der Waals surface area contributed by atoms with E-state index in [9.17, 15) is 19.5 Å². The second kappa shape index (κ2) is 7.88. The molecule has 1 aromatic carbocycles. The lowest BCUT2D eigenvalue weighted by molar-refractivity contribution is -0.282. The van der Waals surface area contributed by atoms with Crippen LogP contribution in [0.15, 0.2) is 21.3 Å². The van der Waals surface area contributed by atoms with Gasteiger partial charge in [-0.1, -0.05) is 0 Å². The predicted octanol–water partition coefficient (Wildman–Crippen LogP) is 2.59. The molecule has 0 bridgehead atoms. The smallest absolute Gasteiger partial charge is 0.505 e. The van der Waals surface area contributed by atoms with Gasteiger partial charge in [-0.2, -0.15) is 0 Å². The van der Waals surface area contributed by atoms with Crippen molar-refractivity contribution in [2.75, 3.05) is 12.4 Å². The molecule has 2 saturated heterocycles. The third-order valence-electron chi connectivity index (χ3n) is 6.40. The Morgan fingerprint density at radius 1 is 1.18 bits per heavy atom. The van der Waals surface area contributed by atoms with E-state index in [1.54, 1.807) is 26.8 Å². The molecule has 4 atom stereocenters. The van der Waals surface area contributed by atoms with Gasteiger partial charge in [0, 0.05) is 18.6 Å². The Labute approximate surface area is 193 Å². The summed E-state index contributed by atoms with van der Waals surface area (Å²) in [6.45, 7) is 5.20. The number of aromatic hydroxyl groups is 1. The van der Waals surface area contributed by atoms with Crippen molar-refractivity contribution < 1.29 is 42.8 Å². The van der Waals surface area contributed by atoms with Crippen molar-refractivity contribution >= 4 is 28.7 Å². The molecule has 0 spiro atoms. The Hall–Kier alpha value is -3.31. The van der Waals surface area contributed by atoms with Gasteiger partial charge >= 0.3 is 11.8 Å². The average molecular weight is 475 g/mol. The number of aryl methyl sites for hydroxylation is 1. The van der Waals surface area contributed by atoms with Gasteiger partial charge in [0.25, 0.3) is 0 Å². The molecule has 5 rings (SSSR count). The molecule has 2 aliphatic heterocycles. The van der Waals surface area contributed by atoms with Gasteiger partial charge in [-0.3, -0.25) is 4.79 Å². The van der Waals surface area contributed by atoms with Gasteiger partial charge in [-0.05, 0) is 45.7 Å². The van der Waals surface area contributed by atoms with Crippen molar-refractivity contribution in [1.82, 2.24) is 0 Å². The summed E-state index contributed by atoms with van der Waals surface area (Å²) in [5.74, 6) is -0.579. The second-order valence-electron chi connectivity index (χ2n) is 9.22. The van der Waals surface area contributed by atoms with Gasteiger partial charge in [-0.25, -0.2) is 9.59 Å². The fourth-order valence-electron chi connectivity index (χ4n) is 4.47. The van der Waals surface area contributed by atoms with Crippen molar-refractivity contribution in [3.8, 4) is 11.5 Å². The molecular weight excluding hydrogens is 450 g/mol. The van der Waals surface area contributed by atoms with Crippen molar-refractivity contribution in [3.05, 3.63) is 28.1 Å². The summed E-state index contributed by atoms with van der Waals surface area (Å²) in [4.78, 5) is 36.4. The first-order chi connectivity index (χ1) is 16.1. The Morgan fingerprint density at radius 3 is 2.56 bits per heavy atom. The normalized spacial score (nSPS) is 27.6. The summed E-state index contributed by atoms with van der Waals surface area (Å²) in [5, 5.41) is 13.4. The maximum Gasteiger partial charge on any atom is 0.509 e. The van der Waals surface area contributed by atoms with Crippen molar-refractivity contribution in [1.29, 1.82) is 0 Å². The van der Waals surface area contributed by atoms with Crippen molar-refractivity contribution in [2.24, 2.45) is 5.92 Å². The van der Waals surface area contributed by atoms with Crippen LogP contribution in [-0.4, -0.2) is 54.5 Å². The fourth-order valence-corrected chi connectivity index (χ4v) is 4.47. The Kier molecular flexibility index (Phi) is 5.21. The van der Waals surface area contributed by atoms with Crippen LogP contribution in [0.3, 0.4) is 0 Å². The first kappa shape index (κ1) is 22.5. The average Bonchev–Trinajstić information content (AvgIpc) is 3.55. The fraction of sp³-hybridized carbons (Fsp3) is 0.522. The van der Waals surface area contributed by atoms with Crippen LogP contribution < -0.4 is 15.7 Å². The number of benzene rings is 1. The molecule has 11 nitrogen and oxygen atoms in total. The zero-order chi connectivity index (χ0) is 24.4. The molecule has 1 amide bonds. The van der Waals surface area contributed by atoms with Crippen molar-refractivity contribution in [3.63, 3.8) is 0 Å². The number of hydrogen-bond acceptors (Lipinski definition) is 10. The minimum absolute atomic E-state index is 0.0884. The molecule has 3 fully saturated rings. The Bertz CT molecular complexity index is 1230. The highest BCUT2D eigenvalue weighted by molar-refractivity contribution is 5.99. The molecule has 0 radical (unpaired) electrons. The van der Waals surface area contributed by atoms with E-state index in [0.717, 1.165) is 12.8 Å². The molecule has 182 valence electrons. The molecule has 3 heterocycles. The SMILES string of the molecule is CO[C@@H]1[C@H]2OC(=O)O[C@H]2[C@H](Oc2ccc3c(O)c(NC(=O)C4CC4)c(=O)oc3c2C)OC1(C)C. The first-order valence-electron chi connectivity index (χ1n) is 11.0. The van der Waals surface area contributed by atoms with E-state index in [1.807, 2.05) is 0 Å². The van der Waals surface area contributed by atoms with E-state index in [0.29, 0.717) is 5.56 Å². The lowest BCUT2D eigenvalue weighted by Crippen LogP contribution is -2.62. The van der Waals surface area contributed by atoms with Crippen molar-refractivity contribution in [2.45, 2.75) is 63.8 Å². The minimum Gasteiger partial charge on any atom is -0.505 e. The van der Waals surface area contributed by atoms with Crippen LogP contribution in [0.4, 0.5) is 10.5 Å². The molecule has 2 aromatic rings. The largest absolute Gasteiger partial charge is 0.509 e. The maximum atomic E-state index is 12.5. The van der Waals surface area contributed by atoms with Gasteiger partial charge in [0.05, 0.1) is 11.0 Å². The molecule has 34 heavy (non-hydrogen) atoms. The van der Waals surface area contributed by atoms with E-state index < -0.39 is 42.0 Å². The number of carbonyl (C=O) groups is 2. The van der Waals surface area contributed by atoms with Gasteiger partial charge in [0.15, 0.2) is 17.5 Å². The van der Waals surface area contributed by atoms with Crippen LogP contribution in [0.2, 0.25) is 0 Å². The summed E-state index contributed by atoms with van der Waals surface area (Å²) in [7, 11) is 1.49. The van der Waals surface area contributed by atoms with E-state index >= 15 is 0 Å². The maximum absolute atomic E-state index is 12.5. The van der Waals surface area contributed by atoms with Crippen LogP contribution in [0.1, 0.15) is 32.3 Å². The second-order valence-corrected chi connectivity index (χ2v) is 9.22. The molecule has 2 N–H and O–H groups in total. The topological polar surface area (TPSA) is 143 Å². The number of carbonyl (C=O) groups excluding carboxylic acids is 2. The monoisotopic (exact) mass is 475 g/mol. The van der Waals surface area contributed by atoms with E-state index in [1.165, 1.54) is 13.2 Å². The van der Waals surface area contributed by atoms with Crippen LogP contribution in [0, 0.1) is 12.8 Å².